The van der Waals surface area contributed by atoms with Crippen LogP contribution in [0.3, 0.4) is 0 Å². The molecule has 0 aliphatic carbocycles. The average molecular weight is 318 g/mol. The Balaban J connectivity index is 0.000000468. The first-order valence-electron chi connectivity index (χ1n) is 7.45. The number of quaternary nitrogens is 1. The number of carboxylic acids is 1. The zero-order valence-corrected chi connectivity index (χ0v) is 14.7. The Morgan fingerprint density at radius 2 is 1.78 bits per heavy atom. The predicted molar refractivity (Wildman–Crippen MR) is 88.9 cm³/mol. The molecule has 0 heterocycles. The summed E-state index contributed by atoms with van der Waals surface area (Å²) in [5.41, 5.74) is 0.556. The maximum atomic E-state index is 10.7. The largest absolute Gasteiger partial charge is 0.872 e. The van der Waals surface area contributed by atoms with Crippen LogP contribution in [0.5, 0.6) is 5.75 Å². The van der Waals surface area contributed by atoms with Crippen LogP contribution in [-0.2, 0) is 4.79 Å². The average Bonchev–Trinajstić information content (AvgIpc) is 2.45. The first kappa shape index (κ1) is 20.7. The Morgan fingerprint density at radius 3 is 2.04 bits per heavy atom. The molecule has 5 heteroatoms. The van der Waals surface area contributed by atoms with E-state index in [1.54, 1.807) is 11.0 Å². The Kier molecular flexibility index (Phi) is 8.06. The van der Waals surface area contributed by atoms with Crippen LogP contribution in [0.25, 0.3) is 6.08 Å². The molecule has 0 saturated carbocycles. The number of carbonyl (C=O) groups is 1. The number of nitrogens with one attached hydrogen (secondary N) is 1. The minimum atomic E-state index is -1.28. The Labute approximate surface area is 138 Å². The molecular weight excluding hydrogens is 292 g/mol. The Hall–Kier alpha value is -2.32. The topological polar surface area (TPSA) is 88.6 Å². The molecule has 1 aromatic carbocycles. The zero-order chi connectivity index (χ0) is 18.2. The minimum absolute atomic E-state index is 0.156. The lowest BCUT2D eigenvalue weighted by molar-refractivity contribution is -0.948. The second-order valence-corrected chi connectivity index (χ2v) is 6.63. The monoisotopic (exact) mass is 318 g/mol. The fourth-order valence-electron chi connectivity index (χ4n) is 1.74. The number of rotatable bonds is 3. The summed E-state index contributed by atoms with van der Waals surface area (Å²) in [4.78, 5) is 12.0. The van der Waals surface area contributed by atoms with Crippen molar-refractivity contribution in [2.75, 3.05) is 7.05 Å². The molecule has 0 spiro atoms. The van der Waals surface area contributed by atoms with Crippen molar-refractivity contribution < 1.29 is 19.9 Å². The minimum Gasteiger partial charge on any atom is -0.872 e. The molecule has 0 amide bonds. The number of aliphatic carboxylic acids is 1. The Morgan fingerprint density at radius 1 is 1.30 bits per heavy atom. The summed E-state index contributed by atoms with van der Waals surface area (Å²) in [7, 11) is 2.24. The highest BCUT2D eigenvalue weighted by molar-refractivity contribution is 5.96. The summed E-state index contributed by atoms with van der Waals surface area (Å²) in [6.07, 6.45) is 1.21. The smallest absolute Gasteiger partial charge is 0.346 e. The fraction of sp³-hybridized carbons (Fsp3) is 0.444. The van der Waals surface area contributed by atoms with Crippen LogP contribution in [0.15, 0.2) is 29.8 Å². The number of hydrogen-bond donors (Lipinski definition) is 2. The molecule has 0 fully saturated rings. The molecule has 1 unspecified atom stereocenters. The van der Waals surface area contributed by atoms with Crippen LogP contribution in [0, 0.1) is 11.3 Å². The van der Waals surface area contributed by atoms with E-state index in [-0.39, 0.29) is 11.3 Å². The molecule has 2 N–H and O–H groups in total. The van der Waals surface area contributed by atoms with Crippen LogP contribution < -0.4 is 10.0 Å². The van der Waals surface area contributed by atoms with Crippen molar-refractivity contribution in [3.63, 3.8) is 0 Å². The summed E-state index contributed by atoms with van der Waals surface area (Å²) in [5.74, 6) is -1.44. The SMILES string of the molecule is CC(C)[NH+](C)C(C)(C)C.N#CC(=Cc1ccc([O-])cc1)C(=O)O. The summed E-state index contributed by atoms with van der Waals surface area (Å²) in [6, 6.07) is 7.81. The predicted octanol–water partition coefficient (Wildman–Crippen LogP) is 1.46. The molecule has 0 saturated heterocycles. The number of nitriles is 1. The van der Waals surface area contributed by atoms with Gasteiger partial charge in [-0.2, -0.15) is 5.26 Å². The van der Waals surface area contributed by atoms with Crippen LogP contribution in [0.4, 0.5) is 0 Å². The van der Waals surface area contributed by atoms with Crippen molar-refractivity contribution >= 4 is 12.0 Å². The maximum absolute atomic E-state index is 10.7. The second-order valence-electron chi connectivity index (χ2n) is 6.63. The van der Waals surface area contributed by atoms with Gasteiger partial charge in [0.2, 0.25) is 0 Å². The first-order valence-corrected chi connectivity index (χ1v) is 7.45. The third-order valence-electron chi connectivity index (χ3n) is 3.59. The quantitative estimate of drug-likeness (QED) is 0.652. The molecule has 0 bridgehead atoms. The van der Waals surface area contributed by atoms with E-state index in [9.17, 15) is 9.90 Å². The molecule has 1 rings (SSSR count). The van der Waals surface area contributed by atoms with E-state index in [4.69, 9.17) is 10.4 Å². The molecular formula is C18H26N2O3. The molecule has 5 nitrogen and oxygen atoms in total. The van der Waals surface area contributed by atoms with Gasteiger partial charge in [-0.05, 0) is 46.3 Å². The van der Waals surface area contributed by atoms with Crippen molar-refractivity contribution in [3.8, 4) is 11.8 Å². The molecule has 1 atom stereocenters. The normalized spacial score (nSPS) is 12.9. The maximum Gasteiger partial charge on any atom is 0.346 e. The van der Waals surface area contributed by atoms with Gasteiger partial charge in [0.05, 0.1) is 18.6 Å². The van der Waals surface area contributed by atoms with Gasteiger partial charge in [-0.25, -0.2) is 4.79 Å². The molecule has 0 aromatic heterocycles. The molecule has 0 radical (unpaired) electrons. The molecule has 0 aliphatic heterocycles. The van der Waals surface area contributed by atoms with Crippen LogP contribution in [0.1, 0.15) is 40.2 Å². The number of nitrogens with zero attached hydrogens (tertiary/aromatic N) is 1. The van der Waals surface area contributed by atoms with Crippen molar-refractivity contribution in [2.45, 2.75) is 46.2 Å². The highest BCUT2D eigenvalue weighted by Crippen LogP contribution is 2.10. The van der Waals surface area contributed by atoms with Gasteiger partial charge in [-0.15, -0.1) is 5.75 Å². The van der Waals surface area contributed by atoms with Gasteiger partial charge in [-0.3, -0.25) is 0 Å². The standard InChI is InChI=1S/C10H7NO3.C8H19N/c11-6-8(10(13)14)5-7-1-3-9(12)4-2-7;1-7(2)9(6)8(3,4)5/h1-5,12H,(H,13,14);7H,1-6H3. The van der Waals surface area contributed by atoms with Crippen LogP contribution in [-0.4, -0.2) is 29.7 Å². The van der Waals surface area contributed by atoms with Crippen molar-refractivity contribution in [2.24, 2.45) is 0 Å². The van der Waals surface area contributed by atoms with Gasteiger partial charge in [0, 0.05) is 0 Å². The Bertz CT molecular complexity index is 576. The summed E-state index contributed by atoms with van der Waals surface area (Å²) >= 11 is 0. The van der Waals surface area contributed by atoms with Crippen molar-refractivity contribution in [1.82, 2.24) is 0 Å². The lowest BCUT2D eigenvalue weighted by Crippen LogP contribution is -3.19. The molecule has 1 aromatic rings. The lowest BCUT2D eigenvalue weighted by atomic mass is 10.1. The van der Waals surface area contributed by atoms with Gasteiger partial charge < -0.3 is 15.1 Å². The highest BCUT2D eigenvalue weighted by Gasteiger charge is 2.22. The van der Waals surface area contributed by atoms with Crippen LogP contribution in [0.2, 0.25) is 0 Å². The number of hydrogen-bond acceptors (Lipinski definition) is 3. The summed E-state index contributed by atoms with van der Waals surface area (Å²) in [5, 5.41) is 27.7. The third-order valence-corrected chi connectivity index (χ3v) is 3.59. The summed E-state index contributed by atoms with van der Waals surface area (Å²) < 4.78 is 0. The molecule has 23 heavy (non-hydrogen) atoms. The van der Waals surface area contributed by atoms with E-state index >= 15 is 0 Å². The van der Waals surface area contributed by atoms with E-state index in [0.717, 1.165) is 6.04 Å². The van der Waals surface area contributed by atoms with Crippen molar-refractivity contribution in [3.05, 3.63) is 35.4 Å². The van der Waals surface area contributed by atoms with Gasteiger partial charge in [-0.1, -0.05) is 24.3 Å². The fourth-order valence-corrected chi connectivity index (χ4v) is 1.74. The second kappa shape index (κ2) is 8.96. The van der Waals surface area contributed by atoms with Gasteiger partial charge in [0.1, 0.15) is 11.6 Å². The van der Waals surface area contributed by atoms with E-state index in [0.29, 0.717) is 11.1 Å². The number of carboxylic acid groups (broad SMARTS) is 1. The third kappa shape index (κ3) is 8.03. The molecule has 126 valence electrons. The van der Waals surface area contributed by atoms with Crippen molar-refractivity contribution in [1.29, 1.82) is 5.26 Å². The first-order chi connectivity index (χ1) is 10.5. The zero-order valence-electron chi connectivity index (χ0n) is 14.7. The van der Waals surface area contributed by atoms with Crippen LogP contribution >= 0.6 is 0 Å². The van der Waals surface area contributed by atoms with E-state index < -0.39 is 5.97 Å². The van der Waals surface area contributed by atoms with E-state index in [2.05, 4.69) is 41.7 Å². The van der Waals surface area contributed by atoms with Gasteiger partial charge in [0.25, 0.3) is 0 Å². The van der Waals surface area contributed by atoms with Gasteiger partial charge in [0.15, 0.2) is 0 Å². The highest BCUT2D eigenvalue weighted by atomic mass is 16.4. The van der Waals surface area contributed by atoms with Gasteiger partial charge >= 0.3 is 5.97 Å². The number of benzene rings is 1. The lowest BCUT2D eigenvalue weighted by Gasteiger charge is -2.31. The molecule has 0 aliphatic rings. The van der Waals surface area contributed by atoms with E-state index in [1.165, 1.54) is 30.3 Å². The summed E-state index contributed by atoms with van der Waals surface area (Å²) in [6.45, 7) is 11.3. The van der Waals surface area contributed by atoms with E-state index in [1.807, 2.05) is 0 Å².